The minimum absolute atomic E-state index is 0.0146. The Labute approximate surface area is 139 Å². The van der Waals surface area contributed by atoms with Crippen LogP contribution in [0.4, 0.5) is 0 Å². The van der Waals surface area contributed by atoms with E-state index in [4.69, 9.17) is 4.74 Å². The summed E-state index contributed by atoms with van der Waals surface area (Å²) in [6, 6.07) is 0. The molecule has 3 aliphatic rings. The smallest absolute Gasteiger partial charge is 0.334 e. The van der Waals surface area contributed by atoms with Crippen molar-refractivity contribution in [1.82, 2.24) is 0 Å². The van der Waals surface area contributed by atoms with Gasteiger partial charge in [-0.05, 0) is 61.5 Å². The SMILES string of the molecule is CC1=CC(=O)[C@H]2C(C)(C)CCC[C@]2(C)[C@H]1CCC1=CCOC1=O. The average molecular weight is 316 g/mol. The number of rotatable bonds is 3. The van der Waals surface area contributed by atoms with Gasteiger partial charge in [0.15, 0.2) is 5.78 Å². The molecule has 3 nitrogen and oxygen atoms in total. The van der Waals surface area contributed by atoms with Crippen LogP contribution in [0.2, 0.25) is 0 Å². The van der Waals surface area contributed by atoms with E-state index >= 15 is 0 Å². The fourth-order valence-corrected chi connectivity index (χ4v) is 5.58. The topological polar surface area (TPSA) is 43.4 Å². The van der Waals surface area contributed by atoms with E-state index in [1.807, 2.05) is 12.2 Å². The van der Waals surface area contributed by atoms with E-state index < -0.39 is 0 Å². The molecule has 3 rings (SSSR count). The Balaban J connectivity index is 1.87. The van der Waals surface area contributed by atoms with E-state index in [9.17, 15) is 9.59 Å². The molecule has 0 unspecified atom stereocenters. The molecule has 1 fully saturated rings. The number of esters is 1. The number of hydrogen-bond donors (Lipinski definition) is 0. The van der Waals surface area contributed by atoms with Gasteiger partial charge in [-0.25, -0.2) is 4.79 Å². The second kappa shape index (κ2) is 5.61. The Bertz CT molecular complexity index is 596. The molecule has 23 heavy (non-hydrogen) atoms. The minimum Gasteiger partial charge on any atom is -0.458 e. The lowest BCUT2D eigenvalue weighted by molar-refractivity contribution is -0.138. The molecule has 2 aliphatic carbocycles. The number of hydrogen-bond acceptors (Lipinski definition) is 3. The van der Waals surface area contributed by atoms with Gasteiger partial charge in [0.25, 0.3) is 0 Å². The van der Waals surface area contributed by atoms with Crippen molar-refractivity contribution in [3.8, 4) is 0 Å². The summed E-state index contributed by atoms with van der Waals surface area (Å²) in [7, 11) is 0. The van der Waals surface area contributed by atoms with Gasteiger partial charge in [-0.3, -0.25) is 4.79 Å². The van der Waals surface area contributed by atoms with Gasteiger partial charge >= 0.3 is 5.97 Å². The molecule has 0 radical (unpaired) electrons. The van der Waals surface area contributed by atoms with Crippen molar-refractivity contribution in [2.75, 3.05) is 6.61 Å². The van der Waals surface area contributed by atoms with Crippen LogP contribution in [0.3, 0.4) is 0 Å². The van der Waals surface area contributed by atoms with Gasteiger partial charge in [0.05, 0.1) is 0 Å². The van der Waals surface area contributed by atoms with Crippen LogP contribution in [-0.2, 0) is 14.3 Å². The van der Waals surface area contributed by atoms with Crippen LogP contribution in [0.5, 0.6) is 0 Å². The Morgan fingerprint density at radius 2 is 1.96 bits per heavy atom. The van der Waals surface area contributed by atoms with Crippen LogP contribution in [0.15, 0.2) is 23.3 Å². The second-order valence-corrected chi connectivity index (χ2v) is 8.49. The van der Waals surface area contributed by atoms with Crippen LogP contribution >= 0.6 is 0 Å². The maximum Gasteiger partial charge on any atom is 0.334 e. The molecular weight excluding hydrogens is 288 g/mol. The third kappa shape index (κ3) is 2.68. The maximum atomic E-state index is 12.8. The molecule has 3 heteroatoms. The average Bonchev–Trinajstić information content (AvgIpc) is 2.82. The van der Waals surface area contributed by atoms with Crippen LogP contribution < -0.4 is 0 Å². The van der Waals surface area contributed by atoms with Crippen molar-refractivity contribution in [3.63, 3.8) is 0 Å². The molecule has 0 amide bonds. The van der Waals surface area contributed by atoms with Crippen molar-refractivity contribution < 1.29 is 14.3 Å². The van der Waals surface area contributed by atoms with E-state index in [2.05, 4.69) is 27.7 Å². The standard InChI is InChI=1S/C20H28O3/c1-13-12-16(21)17-19(2,3)9-5-10-20(17,4)15(13)7-6-14-8-11-23-18(14)22/h8,12,15,17H,5-7,9-11H2,1-4H3/t15-,17-,20+/m0/s1. The van der Waals surface area contributed by atoms with Gasteiger partial charge in [0.2, 0.25) is 0 Å². The Morgan fingerprint density at radius 1 is 1.22 bits per heavy atom. The first-order valence-corrected chi connectivity index (χ1v) is 8.84. The molecule has 3 atom stereocenters. The molecule has 0 saturated heterocycles. The quantitative estimate of drug-likeness (QED) is 0.732. The molecule has 0 aromatic rings. The van der Waals surface area contributed by atoms with Crippen LogP contribution in [0, 0.1) is 22.7 Å². The highest BCUT2D eigenvalue weighted by molar-refractivity contribution is 5.95. The summed E-state index contributed by atoms with van der Waals surface area (Å²) >= 11 is 0. The molecule has 0 aromatic heterocycles. The van der Waals surface area contributed by atoms with Crippen molar-refractivity contribution in [2.24, 2.45) is 22.7 Å². The first-order chi connectivity index (χ1) is 10.8. The molecule has 0 aromatic carbocycles. The lowest BCUT2D eigenvalue weighted by atomic mass is 9.48. The zero-order valence-electron chi connectivity index (χ0n) is 14.8. The maximum absolute atomic E-state index is 12.8. The number of cyclic esters (lactones) is 1. The minimum atomic E-state index is -0.163. The number of carbonyl (C=O) groups is 2. The van der Waals surface area contributed by atoms with Gasteiger partial charge < -0.3 is 4.74 Å². The second-order valence-electron chi connectivity index (χ2n) is 8.49. The monoisotopic (exact) mass is 316 g/mol. The van der Waals surface area contributed by atoms with Crippen LogP contribution in [0.1, 0.15) is 59.8 Å². The summed E-state index contributed by atoms with van der Waals surface area (Å²) in [4.78, 5) is 24.4. The molecule has 126 valence electrons. The van der Waals surface area contributed by atoms with Gasteiger partial charge in [-0.2, -0.15) is 0 Å². The first kappa shape index (κ1) is 16.5. The largest absolute Gasteiger partial charge is 0.458 e. The van der Waals surface area contributed by atoms with Gasteiger partial charge in [0, 0.05) is 11.5 Å². The number of ether oxygens (including phenoxy) is 1. The summed E-state index contributed by atoms with van der Waals surface area (Å²) in [5.74, 6) is 0.621. The molecule has 1 heterocycles. The van der Waals surface area contributed by atoms with E-state index in [0.717, 1.165) is 31.3 Å². The highest BCUT2D eigenvalue weighted by Crippen LogP contribution is 2.59. The molecule has 1 aliphatic heterocycles. The van der Waals surface area contributed by atoms with Crippen molar-refractivity contribution in [2.45, 2.75) is 59.8 Å². The molecular formula is C20H28O3. The molecule has 1 saturated carbocycles. The zero-order chi connectivity index (χ0) is 16.8. The van der Waals surface area contributed by atoms with Crippen molar-refractivity contribution in [3.05, 3.63) is 23.3 Å². The lowest BCUT2D eigenvalue weighted by Gasteiger charge is -2.55. The van der Waals surface area contributed by atoms with Gasteiger partial charge in [0.1, 0.15) is 6.61 Å². The Morgan fingerprint density at radius 3 is 2.61 bits per heavy atom. The predicted molar refractivity (Wildman–Crippen MR) is 89.8 cm³/mol. The number of ketones is 1. The Hall–Kier alpha value is -1.38. The van der Waals surface area contributed by atoms with E-state index in [1.165, 1.54) is 12.0 Å². The normalized spacial score (nSPS) is 36.2. The highest BCUT2D eigenvalue weighted by Gasteiger charge is 2.55. The summed E-state index contributed by atoms with van der Waals surface area (Å²) in [5.41, 5.74) is 2.08. The highest BCUT2D eigenvalue weighted by atomic mass is 16.5. The van der Waals surface area contributed by atoms with E-state index in [-0.39, 0.29) is 22.7 Å². The summed E-state index contributed by atoms with van der Waals surface area (Å²) in [6.07, 6.45) is 8.88. The molecule has 0 N–H and O–H groups in total. The molecule has 0 spiro atoms. The number of carbonyl (C=O) groups excluding carboxylic acids is 2. The third-order valence-corrected chi connectivity index (χ3v) is 6.49. The molecule has 0 bridgehead atoms. The van der Waals surface area contributed by atoms with Crippen molar-refractivity contribution >= 4 is 11.8 Å². The lowest BCUT2D eigenvalue weighted by Crippen LogP contribution is -2.52. The zero-order valence-corrected chi connectivity index (χ0v) is 14.8. The summed E-state index contributed by atoms with van der Waals surface area (Å²) < 4.78 is 5.01. The fraction of sp³-hybridized carbons (Fsp3) is 0.700. The fourth-order valence-electron chi connectivity index (χ4n) is 5.58. The summed E-state index contributed by atoms with van der Waals surface area (Å²) in [5, 5.41) is 0. The summed E-state index contributed by atoms with van der Waals surface area (Å²) in [6.45, 7) is 9.30. The van der Waals surface area contributed by atoms with Crippen LogP contribution in [-0.4, -0.2) is 18.4 Å². The van der Waals surface area contributed by atoms with Gasteiger partial charge in [-0.1, -0.05) is 32.8 Å². The van der Waals surface area contributed by atoms with Gasteiger partial charge in [-0.15, -0.1) is 0 Å². The number of fused-ring (bicyclic) bond motifs is 1. The van der Waals surface area contributed by atoms with Crippen LogP contribution in [0.25, 0.3) is 0 Å². The van der Waals surface area contributed by atoms with E-state index in [1.54, 1.807) is 0 Å². The van der Waals surface area contributed by atoms with E-state index in [0.29, 0.717) is 18.3 Å². The number of allylic oxidation sites excluding steroid dienone is 2. The third-order valence-electron chi connectivity index (χ3n) is 6.49. The first-order valence-electron chi connectivity index (χ1n) is 8.84. The Kier molecular flexibility index (Phi) is 4.02. The predicted octanol–water partition coefficient (Wildman–Crippen LogP) is 4.23. The van der Waals surface area contributed by atoms with Crippen molar-refractivity contribution in [1.29, 1.82) is 0 Å².